The molecule has 0 bridgehead atoms. The first kappa shape index (κ1) is 26.5. The summed E-state index contributed by atoms with van der Waals surface area (Å²) in [4.78, 5) is 21.3. The average Bonchev–Trinajstić information content (AvgIpc) is 3.49. The van der Waals surface area contributed by atoms with Crippen LogP contribution in [0.25, 0.3) is 0 Å². The van der Waals surface area contributed by atoms with E-state index in [0.717, 1.165) is 45.1 Å². The SMILES string of the molecule is CN=C(NCc1ccc(CN2CCCC2)cc1)NCC1CC(=O)N(CCc2ccccc2)C1.I. The van der Waals surface area contributed by atoms with E-state index in [4.69, 9.17) is 0 Å². The topological polar surface area (TPSA) is 60.0 Å². The number of rotatable bonds is 9. The standard InChI is InChI=1S/C27H37N5O.HI/c1-28-27(29-18-23-9-11-24(12-10-23)20-31-14-5-6-15-31)30-19-25-17-26(33)32(21-25)16-13-22-7-3-2-4-8-22;/h2-4,7-12,25H,5-6,13-21H2,1H3,(H2,28,29,30);1H. The van der Waals surface area contributed by atoms with E-state index in [9.17, 15) is 4.79 Å². The highest BCUT2D eigenvalue weighted by Gasteiger charge is 2.29. The molecule has 2 aromatic rings. The van der Waals surface area contributed by atoms with E-state index < -0.39 is 0 Å². The van der Waals surface area contributed by atoms with Crippen molar-refractivity contribution in [3.63, 3.8) is 0 Å². The quantitative estimate of drug-likeness (QED) is 0.272. The number of hydrogen-bond acceptors (Lipinski definition) is 3. The van der Waals surface area contributed by atoms with Gasteiger partial charge in [-0.05, 0) is 49.0 Å². The van der Waals surface area contributed by atoms with E-state index in [-0.39, 0.29) is 29.9 Å². The maximum absolute atomic E-state index is 12.4. The van der Waals surface area contributed by atoms with Gasteiger partial charge in [0.05, 0.1) is 0 Å². The molecule has 0 saturated carbocycles. The normalized spacial score (nSPS) is 18.7. The molecule has 2 aromatic carbocycles. The highest BCUT2D eigenvalue weighted by molar-refractivity contribution is 14.0. The Hall–Kier alpha value is -2.13. The lowest BCUT2D eigenvalue weighted by molar-refractivity contribution is -0.127. The van der Waals surface area contributed by atoms with E-state index >= 15 is 0 Å². The van der Waals surface area contributed by atoms with Crippen LogP contribution in [-0.2, 0) is 24.3 Å². The third-order valence-electron chi connectivity index (χ3n) is 6.68. The smallest absolute Gasteiger partial charge is 0.223 e. The van der Waals surface area contributed by atoms with Gasteiger partial charge in [-0.1, -0.05) is 54.6 Å². The van der Waals surface area contributed by atoms with Gasteiger partial charge in [-0.25, -0.2) is 0 Å². The van der Waals surface area contributed by atoms with Gasteiger partial charge in [-0.15, -0.1) is 24.0 Å². The van der Waals surface area contributed by atoms with Gasteiger partial charge < -0.3 is 15.5 Å². The number of benzene rings is 2. The van der Waals surface area contributed by atoms with Crippen molar-refractivity contribution in [2.24, 2.45) is 10.9 Å². The number of halogens is 1. The van der Waals surface area contributed by atoms with Gasteiger partial charge in [0.1, 0.15) is 0 Å². The summed E-state index contributed by atoms with van der Waals surface area (Å²) < 4.78 is 0. The average molecular weight is 576 g/mol. The second kappa shape index (κ2) is 13.7. The summed E-state index contributed by atoms with van der Waals surface area (Å²) in [6.07, 6.45) is 4.17. The number of carbonyl (C=O) groups excluding carboxylic acids is 1. The molecule has 184 valence electrons. The summed E-state index contributed by atoms with van der Waals surface area (Å²) in [5.41, 5.74) is 3.90. The number of nitrogens with zero attached hydrogens (tertiary/aromatic N) is 3. The van der Waals surface area contributed by atoms with Crippen molar-refractivity contribution in [2.45, 2.75) is 38.8 Å². The molecule has 0 radical (unpaired) electrons. The number of carbonyl (C=O) groups is 1. The fourth-order valence-electron chi connectivity index (χ4n) is 4.72. The monoisotopic (exact) mass is 575 g/mol. The molecule has 2 aliphatic heterocycles. The summed E-state index contributed by atoms with van der Waals surface area (Å²) in [7, 11) is 1.79. The predicted molar refractivity (Wildman–Crippen MR) is 149 cm³/mol. The molecule has 2 N–H and O–H groups in total. The van der Waals surface area contributed by atoms with Crippen molar-refractivity contribution in [1.29, 1.82) is 0 Å². The molecule has 4 rings (SSSR count). The van der Waals surface area contributed by atoms with Crippen LogP contribution in [0.5, 0.6) is 0 Å². The van der Waals surface area contributed by atoms with Crippen LogP contribution in [0, 0.1) is 5.92 Å². The lowest BCUT2D eigenvalue weighted by Gasteiger charge is -2.18. The van der Waals surface area contributed by atoms with Gasteiger partial charge in [-0.2, -0.15) is 0 Å². The van der Waals surface area contributed by atoms with E-state index in [1.165, 1.54) is 42.6 Å². The molecule has 2 saturated heterocycles. The highest BCUT2D eigenvalue weighted by Crippen LogP contribution is 2.18. The molecule has 0 aliphatic carbocycles. The van der Waals surface area contributed by atoms with Gasteiger partial charge in [0.15, 0.2) is 5.96 Å². The van der Waals surface area contributed by atoms with Crippen molar-refractivity contribution in [1.82, 2.24) is 20.4 Å². The zero-order chi connectivity index (χ0) is 22.9. The van der Waals surface area contributed by atoms with E-state index in [1.54, 1.807) is 7.05 Å². The third kappa shape index (κ3) is 7.98. The molecule has 0 spiro atoms. The first-order valence-corrected chi connectivity index (χ1v) is 12.3. The van der Waals surface area contributed by atoms with Gasteiger partial charge in [0.25, 0.3) is 0 Å². The van der Waals surface area contributed by atoms with Crippen LogP contribution in [0.15, 0.2) is 59.6 Å². The van der Waals surface area contributed by atoms with E-state index in [1.807, 2.05) is 11.0 Å². The largest absolute Gasteiger partial charge is 0.356 e. The molecule has 2 aliphatic rings. The van der Waals surface area contributed by atoms with Gasteiger partial charge in [0.2, 0.25) is 5.91 Å². The van der Waals surface area contributed by atoms with Gasteiger partial charge >= 0.3 is 0 Å². The number of aliphatic imine (C=N–C) groups is 1. The Bertz CT molecular complexity index is 912. The van der Waals surface area contributed by atoms with Crippen LogP contribution < -0.4 is 10.6 Å². The number of nitrogens with one attached hydrogen (secondary N) is 2. The summed E-state index contributed by atoms with van der Waals surface area (Å²) in [5, 5.41) is 6.81. The number of amides is 1. The van der Waals surface area contributed by atoms with Gasteiger partial charge in [0, 0.05) is 52.1 Å². The lowest BCUT2D eigenvalue weighted by atomic mass is 10.1. The molecule has 6 nitrogen and oxygen atoms in total. The van der Waals surface area contributed by atoms with Crippen molar-refractivity contribution in [3.05, 3.63) is 71.3 Å². The number of likely N-dealkylation sites (tertiary alicyclic amines) is 2. The second-order valence-corrected chi connectivity index (χ2v) is 9.25. The first-order valence-electron chi connectivity index (χ1n) is 12.3. The van der Waals surface area contributed by atoms with Crippen molar-refractivity contribution in [2.75, 3.05) is 39.8 Å². The van der Waals surface area contributed by atoms with Crippen LogP contribution in [-0.4, -0.2) is 61.4 Å². The predicted octanol–water partition coefficient (Wildman–Crippen LogP) is 3.66. The summed E-state index contributed by atoms with van der Waals surface area (Å²) in [5.74, 6) is 1.36. The number of guanidine groups is 1. The molecule has 7 heteroatoms. The Morgan fingerprint density at radius 3 is 2.38 bits per heavy atom. The molecule has 2 fully saturated rings. The minimum Gasteiger partial charge on any atom is -0.356 e. The molecule has 34 heavy (non-hydrogen) atoms. The Morgan fingerprint density at radius 2 is 1.68 bits per heavy atom. The molecular weight excluding hydrogens is 537 g/mol. The molecule has 1 unspecified atom stereocenters. The molecule has 0 aromatic heterocycles. The Morgan fingerprint density at radius 1 is 0.971 bits per heavy atom. The van der Waals surface area contributed by atoms with Crippen LogP contribution in [0.2, 0.25) is 0 Å². The zero-order valence-corrected chi connectivity index (χ0v) is 22.5. The Kier molecular flexibility index (Phi) is 10.7. The second-order valence-electron chi connectivity index (χ2n) is 9.25. The summed E-state index contributed by atoms with van der Waals surface area (Å²) >= 11 is 0. The van der Waals surface area contributed by atoms with Crippen molar-refractivity contribution >= 4 is 35.8 Å². The van der Waals surface area contributed by atoms with E-state index in [0.29, 0.717) is 12.3 Å². The Balaban J connectivity index is 0.00000324. The molecule has 1 atom stereocenters. The summed E-state index contributed by atoms with van der Waals surface area (Å²) in [6.45, 7) is 6.59. The highest BCUT2D eigenvalue weighted by atomic mass is 127. The molecule has 1 amide bonds. The van der Waals surface area contributed by atoms with Crippen molar-refractivity contribution in [3.8, 4) is 0 Å². The Labute approximate surface area is 221 Å². The maximum Gasteiger partial charge on any atom is 0.223 e. The lowest BCUT2D eigenvalue weighted by Crippen LogP contribution is -2.40. The first-order chi connectivity index (χ1) is 16.2. The fourth-order valence-corrected chi connectivity index (χ4v) is 4.72. The minimum atomic E-state index is 0. The number of hydrogen-bond donors (Lipinski definition) is 2. The molecule has 2 heterocycles. The van der Waals surface area contributed by atoms with Crippen molar-refractivity contribution < 1.29 is 4.79 Å². The zero-order valence-electron chi connectivity index (χ0n) is 20.2. The maximum atomic E-state index is 12.4. The van der Waals surface area contributed by atoms with Gasteiger partial charge in [-0.3, -0.25) is 14.7 Å². The van der Waals surface area contributed by atoms with Crippen LogP contribution in [0.3, 0.4) is 0 Å². The summed E-state index contributed by atoms with van der Waals surface area (Å²) in [6, 6.07) is 19.2. The van der Waals surface area contributed by atoms with Crippen LogP contribution >= 0.6 is 24.0 Å². The van der Waals surface area contributed by atoms with E-state index in [2.05, 4.69) is 69.1 Å². The minimum absolute atomic E-state index is 0. The fraction of sp³-hybridized carbons (Fsp3) is 0.481. The molecular formula is C27H38IN5O. The van der Waals surface area contributed by atoms with Crippen LogP contribution in [0.4, 0.5) is 0 Å². The van der Waals surface area contributed by atoms with Crippen LogP contribution in [0.1, 0.15) is 36.0 Å². The third-order valence-corrected chi connectivity index (χ3v) is 6.68.